The standard InChI is InChI=1S/C27H22N2O4/c1-18-10-15-24(25(16-18)32-2)26(30)29-28-17-19-11-13-21(14-12-19)33-27(31)23-9-5-7-20-6-3-4-8-22(20)23/h3-17H,1-2H3,(H,29,30)/b28-17-. The van der Waals surface area contributed by atoms with Crippen LogP contribution in [0.25, 0.3) is 10.8 Å². The van der Waals surface area contributed by atoms with Crippen molar-refractivity contribution in [3.63, 3.8) is 0 Å². The van der Waals surface area contributed by atoms with Crippen LogP contribution < -0.4 is 14.9 Å². The van der Waals surface area contributed by atoms with E-state index in [0.29, 0.717) is 22.6 Å². The minimum atomic E-state index is -0.424. The van der Waals surface area contributed by atoms with Crippen LogP contribution in [-0.2, 0) is 0 Å². The first-order chi connectivity index (χ1) is 16.0. The lowest BCUT2D eigenvalue weighted by molar-refractivity contribution is 0.0736. The second-order valence-corrected chi connectivity index (χ2v) is 7.39. The molecule has 0 radical (unpaired) electrons. The average molecular weight is 438 g/mol. The first-order valence-corrected chi connectivity index (χ1v) is 10.3. The maximum absolute atomic E-state index is 12.7. The number of ether oxygens (including phenoxy) is 2. The molecule has 0 fully saturated rings. The summed E-state index contributed by atoms with van der Waals surface area (Å²) in [5, 5.41) is 5.82. The SMILES string of the molecule is COc1cc(C)ccc1C(=O)N/N=C\c1ccc(OC(=O)c2cccc3ccccc23)cc1. The number of nitrogens with zero attached hydrogens (tertiary/aromatic N) is 1. The third-order valence-corrected chi connectivity index (χ3v) is 5.08. The van der Waals surface area contributed by atoms with Crippen molar-refractivity contribution in [3.8, 4) is 11.5 Å². The Labute approximate surface area is 191 Å². The fraction of sp³-hybridized carbons (Fsp3) is 0.0741. The van der Waals surface area contributed by atoms with E-state index in [1.165, 1.54) is 13.3 Å². The van der Waals surface area contributed by atoms with Crippen molar-refractivity contribution in [2.45, 2.75) is 6.92 Å². The van der Waals surface area contributed by atoms with E-state index in [1.54, 1.807) is 42.5 Å². The zero-order valence-corrected chi connectivity index (χ0v) is 18.2. The molecule has 1 N–H and O–H groups in total. The van der Waals surface area contributed by atoms with Crippen LogP contribution in [0.3, 0.4) is 0 Å². The molecule has 0 aliphatic carbocycles. The van der Waals surface area contributed by atoms with Crippen LogP contribution in [-0.4, -0.2) is 25.2 Å². The fourth-order valence-electron chi connectivity index (χ4n) is 3.40. The van der Waals surface area contributed by atoms with Crippen LogP contribution in [0.5, 0.6) is 11.5 Å². The molecule has 33 heavy (non-hydrogen) atoms. The van der Waals surface area contributed by atoms with Gasteiger partial charge in [-0.25, -0.2) is 10.2 Å². The van der Waals surface area contributed by atoms with Gasteiger partial charge in [-0.1, -0.05) is 42.5 Å². The van der Waals surface area contributed by atoms with Crippen LogP contribution in [0.15, 0.2) is 90.0 Å². The number of rotatable bonds is 6. The van der Waals surface area contributed by atoms with Crippen LogP contribution in [0, 0.1) is 6.92 Å². The summed E-state index contributed by atoms with van der Waals surface area (Å²) in [4.78, 5) is 25.0. The topological polar surface area (TPSA) is 77.0 Å². The number of hydrogen-bond donors (Lipinski definition) is 1. The van der Waals surface area contributed by atoms with Gasteiger partial charge in [-0.15, -0.1) is 0 Å². The van der Waals surface area contributed by atoms with Gasteiger partial charge in [0.15, 0.2) is 0 Å². The molecule has 0 aromatic heterocycles. The summed E-state index contributed by atoms with van der Waals surface area (Å²) in [5.74, 6) is 0.106. The van der Waals surface area contributed by atoms with E-state index in [-0.39, 0.29) is 5.91 Å². The fourth-order valence-corrected chi connectivity index (χ4v) is 3.40. The Morgan fingerprint density at radius 3 is 2.42 bits per heavy atom. The summed E-state index contributed by atoms with van der Waals surface area (Å²) in [7, 11) is 1.52. The summed E-state index contributed by atoms with van der Waals surface area (Å²) >= 11 is 0. The Morgan fingerprint density at radius 1 is 0.879 bits per heavy atom. The quantitative estimate of drug-likeness (QED) is 0.196. The second kappa shape index (κ2) is 9.78. The number of aryl methyl sites for hydroxylation is 1. The van der Waals surface area contributed by atoms with Crippen molar-refractivity contribution in [3.05, 3.63) is 107 Å². The first kappa shape index (κ1) is 21.8. The molecule has 0 saturated carbocycles. The summed E-state index contributed by atoms with van der Waals surface area (Å²) in [6.45, 7) is 1.92. The van der Waals surface area contributed by atoms with Gasteiger partial charge in [0.05, 0.1) is 24.5 Å². The van der Waals surface area contributed by atoms with Crippen molar-refractivity contribution in [1.29, 1.82) is 0 Å². The third-order valence-electron chi connectivity index (χ3n) is 5.08. The van der Waals surface area contributed by atoms with Gasteiger partial charge in [-0.3, -0.25) is 4.79 Å². The van der Waals surface area contributed by atoms with Gasteiger partial charge in [0.25, 0.3) is 5.91 Å². The normalized spacial score (nSPS) is 10.8. The number of nitrogens with one attached hydrogen (secondary N) is 1. The summed E-state index contributed by atoms with van der Waals surface area (Å²) < 4.78 is 10.8. The molecule has 0 saturated heterocycles. The van der Waals surface area contributed by atoms with Gasteiger partial charge < -0.3 is 9.47 Å². The van der Waals surface area contributed by atoms with E-state index in [4.69, 9.17) is 9.47 Å². The van der Waals surface area contributed by atoms with Crippen LogP contribution in [0.1, 0.15) is 31.8 Å². The van der Waals surface area contributed by atoms with Crippen molar-refractivity contribution >= 4 is 28.9 Å². The number of hydrazone groups is 1. The molecule has 0 aliphatic rings. The molecular weight excluding hydrogens is 416 g/mol. The first-order valence-electron chi connectivity index (χ1n) is 10.3. The molecule has 1 amide bonds. The van der Waals surface area contributed by atoms with Gasteiger partial charge >= 0.3 is 5.97 Å². The minimum Gasteiger partial charge on any atom is -0.496 e. The number of carbonyl (C=O) groups excluding carboxylic acids is 2. The number of hydrogen-bond acceptors (Lipinski definition) is 5. The molecule has 4 aromatic rings. The van der Waals surface area contributed by atoms with Gasteiger partial charge in [-0.2, -0.15) is 5.10 Å². The highest BCUT2D eigenvalue weighted by Gasteiger charge is 2.13. The van der Waals surface area contributed by atoms with Gasteiger partial charge in [-0.05, 0) is 71.3 Å². The molecule has 0 bridgehead atoms. The number of carbonyl (C=O) groups is 2. The lowest BCUT2D eigenvalue weighted by atomic mass is 10.0. The molecular formula is C27H22N2O4. The summed E-state index contributed by atoms with van der Waals surface area (Å²) in [6, 6.07) is 25.4. The Bertz CT molecular complexity index is 1340. The number of fused-ring (bicyclic) bond motifs is 1. The molecule has 4 rings (SSSR count). The number of benzene rings is 4. The number of esters is 1. The number of amides is 1. The summed E-state index contributed by atoms with van der Waals surface area (Å²) in [6.07, 6.45) is 1.51. The highest BCUT2D eigenvalue weighted by molar-refractivity contribution is 6.05. The predicted octanol–water partition coefficient (Wildman–Crippen LogP) is 5.14. The largest absolute Gasteiger partial charge is 0.496 e. The van der Waals surface area contributed by atoms with Crippen LogP contribution in [0.2, 0.25) is 0 Å². The van der Waals surface area contributed by atoms with E-state index in [2.05, 4.69) is 10.5 Å². The number of methoxy groups -OCH3 is 1. The molecule has 164 valence electrons. The van der Waals surface area contributed by atoms with Crippen molar-refractivity contribution in [2.75, 3.05) is 7.11 Å². The maximum atomic E-state index is 12.7. The molecule has 0 spiro atoms. The van der Waals surface area contributed by atoms with Gasteiger partial charge in [0.1, 0.15) is 11.5 Å². The lowest BCUT2D eigenvalue weighted by Gasteiger charge is -2.08. The molecule has 4 aromatic carbocycles. The van der Waals surface area contributed by atoms with E-state index in [9.17, 15) is 9.59 Å². The van der Waals surface area contributed by atoms with Crippen LogP contribution in [0.4, 0.5) is 0 Å². The molecule has 0 unspecified atom stereocenters. The highest BCUT2D eigenvalue weighted by Crippen LogP contribution is 2.21. The molecule has 6 heteroatoms. The lowest BCUT2D eigenvalue weighted by Crippen LogP contribution is -2.18. The van der Waals surface area contributed by atoms with Crippen LogP contribution >= 0.6 is 0 Å². The maximum Gasteiger partial charge on any atom is 0.344 e. The molecule has 6 nitrogen and oxygen atoms in total. The van der Waals surface area contributed by atoms with Crippen molar-refractivity contribution in [1.82, 2.24) is 5.43 Å². The summed E-state index contributed by atoms with van der Waals surface area (Å²) in [5.41, 5.74) is 5.12. The highest BCUT2D eigenvalue weighted by atomic mass is 16.5. The molecule has 0 heterocycles. The van der Waals surface area contributed by atoms with E-state index in [1.807, 2.05) is 49.4 Å². The van der Waals surface area contributed by atoms with Crippen molar-refractivity contribution < 1.29 is 19.1 Å². The Morgan fingerprint density at radius 2 is 1.64 bits per heavy atom. The second-order valence-electron chi connectivity index (χ2n) is 7.39. The van der Waals surface area contributed by atoms with Gasteiger partial charge in [0.2, 0.25) is 0 Å². The van der Waals surface area contributed by atoms with E-state index >= 15 is 0 Å². The molecule has 0 atom stereocenters. The average Bonchev–Trinajstić information content (AvgIpc) is 2.84. The van der Waals surface area contributed by atoms with E-state index < -0.39 is 5.97 Å². The zero-order valence-electron chi connectivity index (χ0n) is 18.2. The monoisotopic (exact) mass is 438 g/mol. The van der Waals surface area contributed by atoms with Crippen molar-refractivity contribution in [2.24, 2.45) is 5.10 Å². The van der Waals surface area contributed by atoms with Gasteiger partial charge in [0, 0.05) is 0 Å². The Kier molecular flexibility index (Phi) is 6.45. The Hall–Kier alpha value is -4.45. The van der Waals surface area contributed by atoms with E-state index in [0.717, 1.165) is 21.9 Å². The minimum absolute atomic E-state index is 0.372. The predicted molar refractivity (Wildman–Crippen MR) is 128 cm³/mol. The smallest absolute Gasteiger partial charge is 0.344 e. The third kappa shape index (κ3) is 5.07. The zero-order chi connectivity index (χ0) is 23.2. The Balaban J connectivity index is 1.40. The molecule has 0 aliphatic heterocycles.